The molecule has 1 fully saturated rings. The second kappa shape index (κ2) is 8.23. The zero-order valence-corrected chi connectivity index (χ0v) is 15.7. The van der Waals surface area contributed by atoms with E-state index in [1.807, 2.05) is 13.8 Å². The van der Waals surface area contributed by atoms with E-state index in [0.717, 1.165) is 25.9 Å². The van der Waals surface area contributed by atoms with Crippen LogP contribution < -0.4 is 15.8 Å². The Morgan fingerprint density at radius 2 is 2.22 bits per heavy atom. The summed E-state index contributed by atoms with van der Waals surface area (Å²) in [7, 11) is 0. The van der Waals surface area contributed by atoms with Crippen molar-refractivity contribution in [3.8, 4) is 29.0 Å². The molecule has 0 radical (unpaired) electrons. The number of nitrogen functional groups attached to an aromatic ring is 1. The molecule has 0 bridgehead atoms. The molecule has 1 unspecified atom stereocenters. The number of nitrogens with two attached hydrogens (primary N) is 1. The molecule has 1 aromatic heterocycles. The highest BCUT2D eigenvalue weighted by Crippen LogP contribution is 2.38. The number of phenolic OH excluding ortho intramolecular Hbond substituents is 1. The summed E-state index contributed by atoms with van der Waals surface area (Å²) in [5.74, 6) is 1.35. The molecule has 2 heterocycles. The molecule has 1 aliphatic rings. The first-order chi connectivity index (χ1) is 13.0. The van der Waals surface area contributed by atoms with E-state index in [4.69, 9.17) is 10.5 Å². The van der Waals surface area contributed by atoms with Crippen LogP contribution in [-0.2, 0) is 0 Å². The molecule has 7 heteroatoms. The van der Waals surface area contributed by atoms with Gasteiger partial charge in [-0.05, 0) is 37.4 Å². The SMILES string of the molecule is CC(C)COc1cccc(O)c1-c1nc(N)c(C#N)c(C2CCCNC2)n1. The maximum absolute atomic E-state index is 10.5. The van der Waals surface area contributed by atoms with Crippen molar-refractivity contribution in [2.24, 2.45) is 5.92 Å². The van der Waals surface area contributed by atoms with Crippen LogP contribution in [0.2, 0.25) is 0 Å². The predicted molar refractivity (Wildman–Crippen MR) is 103 cm³/mol. The van der Waals surface area contributed by atoms with Gasteiger partial charge in [0.1, 0.15) is 34.5 Å². The van der Waals surface area contributed by atoms with Gasteiger partial charge in [0, 0.05) is 12.5 Å². The summed E-state index contributed by atoms with van der Waals surface area (Å²) >= 11 is 0. The van der Waals surface area contributed by atoms with E-state index in [1.165, 1.54) is 0 Å². The van der Waals surface area contributed by atoms with Crippen LogP contribution in [0.1, 0.15) is 43.9 Å². The lowest BCUT2D eigenvalue weighted by Crippen LogP contribution is -2.29. The number of hydrogen-bond acceptors (Lipinski definition) is 7. The first-order valence-electron chi connectivity index (χ1n) is 9.24. The molecule has 0 saturated carbocycles. The molecule has 1 aliphatic heterocycles. The largest absolute Gasteiger partial charge is 0.507 e. The maximum atomic E-state index is 10.5. The lowest BCUT2D eigenvalue weighted by atomic mass is 9.93. The van der Waals surface area contributed by atoms with Crippen molar-refractivity contribution >= 4 is 5.82 Å². The molecule has 1 saturated heterocycles. The molecule has 7 nitrogen and oxygen atoms in total. The van der Waals surface area contributed by atoms with Crippen molar-refractivity contribution in [1.29, 1.82) is 5.26 Å². The number of nitriles is 1. The Bertz CT molecular complexity index is 854. The van der Waals surface area contributed by atoms with Gasteiger partial charge in [-0.15, -0.1) is 0 Å². The smallest absolute Gasteiger partial charge is 0.169 e. The van der Waals surface area contributed by atoms with Crippen molar-refractivity contribution < 1.29 is 9.84 Å². The highest BCUT2D eigenvalue weighted by Gasteiger charge is 2.25. The minimum Gasteiger partial charge on any atom is -0.507 e. The zero-order chi connectivity index (χ0) is 19.4. The Hall–Kier alpha value is -2.85. The monoisotopic (exact) mass is 367 g/mol. The third kappa shape index (κ3) is 4.12. The molecule has 4 N–H and O–H groups in total. The molecule has 27 heavy (non-hydrogen) atoms. The van der Waals surface area contributed by atoms with Crippen molar-refractivity contribution in [1.82, 2.24) is 15.3 Å². The Morgan fingerprint density at radius 3 is 2.89 bits per heavy atom. The molecule has 142 valence electrons. The van der Waals surface area contributed by atoms with Gasteiger partial charge in [0.25, 0.3) is 0 Å². The normalized spacial score (nSPS) is 16.9. The quantitative estimate of drug-likeness (QED) is 0.744. The van der Waals surface area contributed by atoms with Gasteiger partial charge in [0.15, 0.2) is 5.82 Å². The van der Waals surface area contributed by atoms with Gasteiger partial charge >= 0.3 is 0 Å². The van der Waals surface area contributed by atoms with E-state index >= 15 is 0 Å². The number of nitrogens with one attached hydrogen (secondary N) is 1. The predicted octanol–water partition coefficient (Wildman–Crippen LogP) is 2.80. The third-order valence-corrected chi connectivity index (χ3v) is 4.56. The minimum absolute atomic E-state index is 0.0214. The lowest BCUT2D eigenvalue weighted by molar-refractivity contribution is 0.271. The standard InChI is InChI=1S/C20H25N5O2/c1-12(2)11-27-16-7-3-6-15(26)17(16)20-24-18(13-5-4-8-23-10-13)14(9-21)19(22)25-20/h3,6-7,12-13,23,26H,4-5,8,10-11H2,1-2H3,(H2,22,24,25). The Kier molecular flexibility index (Phi) is 5.77. The summed E-state index contributed by atoms with van der Waals surface area (Å²) < 4.78 is 5.86. The molecular formula is C20H25N5O2. The Balaban J connectivity index is 2.10. The van der Waals surface area contributed by atoms with Gasteiger partial charge in [-0.2, -0.15) is 5.26 Å². The number of piperidine rings is 1. The number of ether oxygens (including phenoxy) is 1. The zero-order valence-electron chi connectivity index (χ0n) is 15.7. The number of anilines is 1. The van der Waals surface area contributed by atoms with Crippen LogP contribution in [0.5, 0.6) is 11.5 Å². The van der Waals surface area contributed by atoms with E-state index in [1.54, 1.807) is 18.2 Å². The second-order valence-corrected chi connectivity index (χ2v) is 7.20. The summed E-state index contributed by atoms with van der Waals surface area (Å²) in [5, 5.41) is 23.3. The van der Waals surface area contributed by atoms with Crippen LogP contribution >= 0.6 is 0 Å². The van der Waals surface area contributed by atoms with Gasteiger partial charge in [-0.3, -0.25) is 0 Å². The van der Waals surface area contributed by atoms with Crippen molar-refractivity contribution in [3.63, 3.8) is 0 Å². The van der Waals surface area contributed by atoms with E-state index in [-0.39, 0.29) is 23.3 Å². The van der Waals surface area contributed by atoms with Crippen LogP contribution in [0.4, 0.5) is 5.82 Å². The lowest BCUT2D eigenvalue weighted by Gasteiger charge is -2.24. The van der Waals surface area contributed by atoms with E-state index in [9.17, 15) is 10.4 Å². The van der Waals surface area contributed by atoms with Crippen molar-refractivity contribution in [2.45, 2.75) is 32.6 Å². The van der Waals surface area contributed by atoms with E-state index in [0.29, 0.717) is 35.1 Å². The molecule has 1 aromatic carbocycles. The number of aromatic nitrogens is 2. The summed E-state index contributed by atoms with van der Waals surface area (Å²) in [6.45, 7) is 6.29. The van der Waals surface area contributed by atoms with Gasteiger partial charge < -0.3 is 20.9 Å². The molecule has 0 spiro atoms. The summed E-state index contributed by atoms with van der Waals surface area (Å²) in [6, 6.07) is 7.19. The van der Waals surface area contributed by atoms with Gasteiger partial charge in [0.05, 0.1) is 12.3 Å². The van der Waals surface area contributed by atoms with Crippen LogP contribution in [0.3, 0.4) is 0 Å². The van der Waals surface area contributed by atoms with Crippen LogP contribution in [0.15, 0.2) is 18.2 Å². The van der Waals surface area contributed by atoms with Crippen LogP contribution in [-0.4, -0.2) is 34.8 Å². The molecule has 1 atom stereocenters. The number of hydrogen-bond donors (Lipinski definition) is 3. The third-order valence-electron chi connectivity index (χ3n) is 4.56. The number of aromatic hydroxyl groups is 1. The van der Waals surface area contributed by atoms with Crippen LogP contribution in [0, 0.1) is 17.2 Å². The number of rotatable bonds is 5. The highest BCUT2D eigenvalue weighted by molar-refractivity contribution is 5.73. The molecule has 0 amide bonds. The summed E-state index contributed by atoms with van der Waals surface area (Å²) in [4.78, 5) is 8.96. The average molecular weight is 367 g/mol. The second-order valence-electron chi connectivity index (χ2n) is 7.20. The fraction of sp³-hybridized carbons (Fsp3) is 0.450. The fourth-order valence-electron chi connectivity index (χ4n) is 3.22. The number of nitrogens with zero attached hydrogens (tertiary/aromatic N) is 3. The highest BCUT2D eigenvalue weighted by atomic mass is 16.5. The first kappa shape index (κ1) is 18.9. The Morgan fingerprint density at radius 1 is 1.41 bits per heavy atom. The van der Waals surface area contributed by atoms with Crippen LogP contribution in [0.25, 0.3) is 11.4 Å². The van der Waals surface area contributed by atoms with Gasteiger partial charge in [-0.1, -0.05) is 19.9 Å². The summed E-state index contributed by atoms with van der Waals surface area (Å²) in [5.41, 5.74) is 7.43. The fourth-order valence-corrected chi connectivity index (χ4v) is 3.22. The van der Waals surface area contributed by atoms with Crippen molar-refractivity contribution in [2.75, 3.05) is 25.4 Å². The molecule has 3 rings (SSSR count). The molecule has 2 aromatic rings. The topological polar surface area (TPSA) is 117 Å². The maximum Gasteiger partial charge on any atom is 0.169 e. The van der Waals surface area contributed by atoms with Crippen molar-refractivity contribution in [3.05, 3.63) is 29.5 Å². The van der Waals surface area contributed by atoms with E-state index < -0.39 is 0 Å². The average Bonchev–Trinajstić information content (AvgIpc) is 2.66. The summed E-state index contributed by atoms with van der Waals surface area (Å²) in [6.07, 6.45) is 1.93. The number of benzene rings is 1. The van der Waals surface area contributed by atoms with E-state index in [2.05, 4.69) is 21.4 Å². The molecular weight excluding hydrogens is 342 g/mol. The Labute approximate surface area is 159 Å². The van der Waals surface area contributed by atoms with Gasteiger partial charge in [-0.25, -0.2) is 9.97 Å². The minimum atomic E-state index is 0.0214. The van der Waals surface area contributed by atoms with Gasteiger partial charge in [0.2, 0.25) is 0 Å². The molecule has 0 aliphatic carbocycles. The first-order valence-corrected chi connectivity index (χ1v) is 9.24. The number of phenols is 1.